The maximum Gasteiger partial charge on any atom is 0.410 e. The van der Waals surface area contributed by atoms with Crippen LogP contribution in [0.2, 0.25) is 0 Å². The molecule has 3 atom stereocenters. The Balaban J connectivity index is 1.34. The van der Waals surface area contributed by atoms with E-state index < -0.39 is 23.9 Å². The first-order chi connectivity index (χ1) is 19.0. The van der Waals surface area contributed by atoms with Crippen LogP contribution in [0.25, 0.3) is 10.9 Å². The van der Waals surface area contributed by atoms with E-state index in [9.17, 15) is 14.4 Å². The highest BCUT2D eigenvalue weighted by Gasteiger charge is 2.49. The molecule has 212 valence electrons. The smallest absolute Gasteiger partial charge is 0.410 e. The largest absolute Gasteiger partial charge is 0.444 e. The molecule has 2 saturated heterocycles. The lowest BCUT2D eigenvalue weighted by Gasteiger charge is -2.40. The highest BCUT2D eigenvalue weighted by molar-refractivity contribution is 5.96. The third kappa shape index (κ3) is 5.84. The van der Waals surface area contributed by atoms with Crippen molar-refractivity contribution in [2.45, 2.75) is 71.3 Å². The van der Waals surface area contributed by atoms with Gasteiger partial charge in [-0.05, 0) is 63.8 Å². The first-order valence-corrected chi connectivity index (χ1v) is 13.8. The number of para-hydroxylation sites is 2. The van der Waals surface area contributed by atoms with Gasteiger partial charge < -0.3 is 29.6 Å². The third-order valence-electron chi connectivity index (χ3n) is 7.60. The van der Waals surface area contributed by atoms with Crippen LogP contribution in [0.15, 0.2) is 48.7 Å². The highest BCUT2D eigenvalue weighted by atomic mass is 16.6. The lowest BCUT2D eigenvalue weighted by Crippen LogP contribution is -2.59. The van der Waals surface area contributed by atoms with Crippen LogP contribution in [0.5, 0.6) is 0 Å². The van der Waals surface area contributed by atoms with Crippen LogP contribution in [0.3, 0.4) is 0 Å². The van der Waals surface area contributed by atoms with Gasteiger partial charge in [0.25, 0.3) is 5.91 Å². The molecule has 0 spiro atoms. The number of carbonyl (C=O) groups is 3. The summed E-state index contributed by atoms with van der Waals surface area (Å²) in [6, 6.07) is 13.6. The molecule has 0 bridgehead atoms. The number of fused-ring (bicyclic) bond motifs is 2. The summed E-state index contributed by atoms with van der Waals surface area (Å²) in [7, 11) is 0. The lowest BCUT2D eigenvalue weighted by atomic mass is 10.0. The Morgan fingerprint density at radius 3 is 2.52 bits per heavy atom. The summed E-state index contributed by atoms with van der Waals surface area (Å²) in [5.74, 6) is -0.517. The number of likely N-dealkylation sites (tertiary alicyclic amines) is 1. The standard InChI is InChI=1S/C31H38N4O5/c1-19-9-8-10-20(2)28(19)33-27(36)15-25-29(37)35(14-13-21-16-32-23-12-7-6-11-22(21)23)24-17-34(18-26(24)39-25)30(38)40-31(3,4)5/h6-12,16,24-26,32H,13-15,17-18H2,1-5H3,(H,33,36). The molecule has 40 heavy (non-hydrogen) atoms. The van der Waals surface area contributed by atoms with Crippen LogP contribution in [0.1, 0.15) is 43.9 Å². The Kier molecular flexibility index (Phi) is 7.59. The number of benzene rings is 2. The van der Waals surface area contributed by atoms with Gasteiger partial charge in [0.05, 0.1) is 25.1 Å². The van der Waals surface area contributed by atoms with E-state index in [0.717, 1.165) is 33.3 Å². The number of carbonyl (C=O) groups excluding carboxylic acids is 3. The number of amides is 3. The molecule has 3 unspecified atom stereocenters. The minimum absolute atomic E-state index is 0.105. The van der Waals surface area contributed by atoms with Crippen molar-refractivity contribution in [2.75, 3.05) is 25.0 Å². The Morgan fingerprint density at radius 2 is 1.80 bits per heavy atom. The first kappa shape index (κ1) is 27.7. The van der Waals surface area contributed by atoms with Gasteiger partial charge >= 0.3 is 6.09 Å². The lowest BCUT2D eigenvalue weighted by molar-refractivity contribution is -0.168. The number of nitrogens with one attached hydrogen (secondary N) is 2. The molecule has 3 heterocycles. The van der Waals surface area contributed by atoms with Crippen LogP contribution in [-0.4, -0.2) is 76.2 Å². The third-order valence-corrected chi connectivity index (χ3v) is 7.60. The van der Waals surface area contributed by atoms with Crippen LogP contribution in [0.4, 0.5) is 10.5 Å². The minimum atomic E-state index is -0.938. The number of hydrogen-bond acceptors (Lipinski definition) is 5. The van der Waals surface area contributed by atoms with Crippen LogP contribution in [0, 0.1) is 13.8 Å². The molecule has 1 aromatic heterocycles. The topological polar surface area (TPSA) is 104 Å². The van der Waals surface area contributed by atoms with Crippen LogP contribution >= 0.6 is 0 Å². The van der Waals surface area contributed by atoms with Crippen molar-refractivity contribution in [3.63, 3.8) is 0 Å². The summed E-state index contributed by atoms with van der Waals surface area (Å²) in [6.45, 7) is 10.4. The maximum absolute atomic E-state index is 13.8. The molecule has 3 amide bonds. The molecule has 0 radical (unpaired) electrons. The van der Waals surface area contributed by atoms with Gasteiger partial charge in [0.15, 0.2) is 0 Å². The Hall–Kier alpha value is -3.85. The van der Waals surface area contributed by atoms with Gasteiger partial charge in [-0.3, -0.25) is 9.59 Å². The number of aromatic amines is 1. The average Bonchev–Trinajstić information content (AvgIpc) is 3.50. The fourth-order valence-corrected chi connectivity index (χ4v) is 5.64. The number of rotatable bonds is 6. The molecule has 2 aromatic carbocycles. The van der Waals surface area contributed by atoms with Gasteiger partial charge in [0.2, 0.25) is 5.91 Å². The van der Waals surface area contributed by atoms with Gasteiger partial charge in [-0.2, -0.15) is 0 Å². The second kappa shape index (κ2) is 11.0. The molecule has 5 rings (SSSR count). The van der Waals surface area contributed by atoms with Crippen molar-refractivity contribution in [1.29, 1.82) is 0 Å². The van der Waals surface area contributed by atoms with Gasteiger partial charge in [0.1, 0.15) is 11.7 Å². The highest BCUT2D eigenvalue weighted by Crippen LogP contribution is 2.30. The van der Waals surface area contributed by atoms with E-state index >= 15 is 0 Å². The molecule has 2 fully saturated rings. The second-order valence-corrected chi connectivity index (χ2v) is 11.8. The number of aromatic nitrogens is 1. The van der Waals surface area contributed by atoms with Crippen LogP contribution in [-0.2, 0) is 25.5 Å². The Labute approximate surface area is 234 Å². The predicted molar refractivity (Wildman–Crippen MR) is 153 cm³/mol. The zero-order valence-corrected chi connectivity index (χ0v) is 23.8. The molecule has 9 nitrogen and oxygen atoms in total. The average molecular weight is 547 g/mol. The SMILES string of the molecule is Cc1cccc(C)c1NC(=O)CC1OC2CN(C(=O)OC(C)(C)C)CC2N(CCc2c[nH]c3ccccc23)C1=O. The second-order valence-electron chi connectivity index (χ2n) is 11.8. The maximum atomic E-state index is 13.8. The predicted octanol–water partition coefficient (Wildman–Crippen LogP) is 4.57. The van der Waals surface area contributed by atoms with E-state index in [4.69, 9.17) is 9.47 Å². The van der Waals surface area contributed by atoms with Gasteiger partial charge in [-0.15, -0.1) is 0 Å². The van der Waals surface area contributed by atoms with Crippen molar-refractivity contribution in [1.82, 2.24) is 14.8 Å². The molecule has 0 aliphatic carbocycles. The fraction of sp³-hybridized carbons (Fsp3) is 0.452. The molecule has 9 heteroatoms. The normalized spacial score (nSPS) is 21.0. The first-order valence-electron chi connectivity index (χ1n) is 13.8. The quantitative estimate of drug-likeness (QED) is 0.471. The van der Waals surface area contributed by atoms with E-state index in [1.165, 1.54) is 0 Å². The fourth-order valence-electron chi connectivity index (χ4n) is 5.64. The number of H-pyrrole nitrogens is 1. The van der Waals surface area contributed by atoms with Crippen molar-refractivity contribution < 1.29 is 23.9 Å². The zero-order valence-electron chi connectivity index (χ0n) is 23.8. The minimum Gasteiger partial charge on any atom is -0.444 e. The van der Waals surface area contributed by atoms with Crippen LogP contribution < -0.4 is 5.32 Å². The summed E-state index contributed by atoms with van der Waals surface area (Å²) in [6.07, 6.45) is 0.722. The zero-order chi connectivity index (χ0) is 28.6. The van der Waals surface area contributed by atoms with Crippen molar-refractivity contribution in [2.24, 2.45) is 0 Å². The number of ether oxygens (including phenoxy) is 2. The molecule has 0 saturated carbocycles. The van der Waals surface area contributed by atoms with Crippen molar-refractivity contribution in [3.8, 4) is 0 Å². The van der Waals surface area contributed by atoms with E-state index in [0.29, 0.717) is 26.1 Å². The van der Waals surface area contributed by atoms with Gasteiger partial charge in [-0.25, -0.2) is 4.79 Å². The van der Waals surface area contributed by atoms with Gasteiger partial charge in [0, 0.05) is 35.9 Å². The summed E-state index contributed by atoms with van der Waals surface area (Å²) >= 11 is 0. The summed E-state index contributed by atoms with van der Waals surface area (Å²) in [5.41, 5.74) is 4.17. The van der Waals surface area contributed by atoms with E-state index in [1.54, 1.807) is 9.80 Å². The van der Waals surface area contributed by atoms with E-state index in [1.807, 2.05) is 77.2 Å². The number of anilines is 1. The molecular weight excluding hydrogens is 508 g/mol. The van der Waals surface area contributed by atoms with E-state index in [-0.39, 0.29) is 24.3 Å². The Morgan fingerprint density at radius 1 is 1.07 bits per heavy atom. The molecular formula is C31H38N4O5. The number of morpholine rings is 1. The summed E-state index contributed by atoms with van der Waals surface area (Å²) in [5, 5.41) is 4.09. The van der Waals surface area contributed by atoms with Crippen molar-refractivity contribution >= 4 is 34.5 Å². The number of nitrogens with zero attached hydrogens (tertiary/aromatic N) is 2. The van der Waals surface area contributed by atoms with E-state index in [2.05, 4.69) is 16.4 Å². The van der Waals surface area contributed by atoms with Gasteiger partial charge in [-0.1, -0.05) is 36.4 Å². The summed E-state index contributed by atoms with van der Waals surface area (Å²) < 4.78 is 11.8. The number of aryl methyl sites for hydroxylation is 2. The number of hydrogen-bond donors (Lipinski definition) is 2. The molecule has 2 aliphatic rings. The monoisotopic (exact) mass is 546 g/mol. The summed E-state index contributed by atoms with van der Waals surface area (Å²) in [4.78, 5) is 46.5. The molecule has 3 aromatic rings. The Bertz CT molecular complexity index is 1400. The molecule has 2 N–H and O–H groups in total. The van der Waals surface area contributed by atoms with Crippen molar-refractivity contribution in [3.05, 3.63) is 65.4 Å². The molecule has 2 aliphatic heterocycles.